The van der Waals surface area contributed by atoms with E-state index in [9.17, 15) is 16.8 Å². The molecule has 35 heavy (non-hydrogen) atoms. The molecule has 0 amide bonds. The summed E-state index contributed by atoms with van der Waals surface area (Å²) in [6, 6.07) is 19.8. The second-order valence-electron chi connectivity index (χ2n) is 8.26. The number of fused-ring (bicyclic) bond motifs is 1. The van der Waals surface area contributed by atoms with Crippen LogP contribution in [0.3, 0.4) is 0 Å². The van der Waals surface area contributed by atoms with Crippen molar-refractivity contribution in [1.82, 2.24) is 0 Å². The predicted molar refractivity (Wildman–Crippen MR) is 151 cm³/mol. The Labute approximate surface area is 231 Å². The molecule has 0 unspecified atom stereocenters. The molecule has 0 radical (unpaired) electrons. The van der Waals surface area contributed by atoms with E-state index >= 15 is 0 Å². The SMILES string of the molecule is Cc1ccc(S(=O)(=O)N2C[C@@H](Br)[C@@H](CBr)CN(S(=O)(=O)c3ccc(Br)cc3)c3ccccc32)cc1. The summed E-state index contributed by atoms with van der Waals surface area (Å²) < 4.78 is 58.8. The molecule has 0 N–H and O–H groups in total. The Morgan fingerprint density at radius 3 is 1.71 bits per heavy atom. The molecule has 2 atom stereocenters. The number of hydrogen-bond donors (Lipinski definition) is 0. The fourth-order valence-corrected chi connectivity index (χ4v) is 9.19. The van der Waals surface area contributed by atoms with Crippen molar-refractivity contribution >= 4 is 79.2 Å². The maximum atomic E-state index is 13.9. The van der Waals surface area contributed by atoms with Gasteiger partial charge in [-0.3, -0.25) is 8.61 Å². The van der Waals surface area contributed by atoms with E-state index in [2.05, 4.69) is 47.8 Å². The Bertz CT molecular complexity index is 1410. The number of halogens is 3. The number of rotatable bonds is 5. The largest absolute Gasteiger partial charge is 0.264 e. The first-order valence-electron chi connectivity index (χ1n) is 10.7. The van der Waals surface area contributed by atoms with Gasteiger partial charge < -0.3 is 0 Å². The molecule has 0 fully saturated rings. The Morgan fingerprint density at radius 2 is 1.23 bits per heavy atom. The molecule has 1 aliphatic heterocycles. The third-order valence-corrected chi connectivity index (χ3v) is 11.9. The van der Waals surface area contributed by atoms with Crippen molar-refractivity contribution in [3.05, 3.63) is 82.8 Å². The van der Waals surface area contributed by atoms with E-state index in [0.717, 1.165) is 10.0 Å². The van der Waals surface area contributed by atoms with E-state index in [-0.39, 0.29) is 33.6 Å². The van der Waals surface area contributed by atoms with Crippen molar-refractivity contribution in [2.45, 2.75) is 21.5 Å². The summed E-state index contributed by atoms with van der Waals surface area (Å²) in [5.74, 6) is -0.204. The Balaban J connectivity index is 1.92. The van der Waals surface area contributed by atoms with Crippen LogP contribution in [-0.4, -0.2) is 40.1 Å². The van der Waals surface area contributed by atoms with Gasteiger partial charge in [0.05, 0.1) is 21.2 Å². The number of aryl methyl sites for hydroxylation is 1. The van der Waals surface area contributed by atoms with Gasteiger partial charge in [0.15, 0.2) is 0 Å². The summed E-state index contributed by atoms with van der Waals surface area (Å²) in [5.41, 5.74) is 1.57. The molecule has 3 aromatic rings. The second-order valence-corrected chi connectivity index (χ2v) is 14.7. The van der Waals surface area contributed by atoms with Crippen LogP contribution >= 0.6 is 47.8 Å². The first kappa shape index (κ1) is 26.7. The monoisotopic (exact) mass is 704 g/mol. The first-order valence-corrected chi connectivity index (χ1v) is 16.4. The maximum absolute atomic E-state index is 13.9. The smallest absolute Gasteiger partial charge is 0.264 e. The molecule has 6 nitrogen and oxygen atoms in total. The van der Waals surface area contributed by atoms with Crippen LogP contribution in [0.1, 0.15) is 5.56 Å². The summed E-state index contributed by atoms with van der Waals surface area (Å²) in [5, 5.41) is 0.482. The zero-order valence-corrected chi connectivity index (χ0v) is 25.1. The van der Waals surface area contributed by atoms with Crippen molar-refractivity contribution < 1.29 is 16.8 Å². The van der Waals surface area contributed by atoms with Gasteiger partial charge in [0.2, 0.25) is 0 Å². The summed E-state index contributed by atoms with van der Waals surface area (Å²) >= 11 is 10.5. The van der Waals surface area contributed by atoms with E-state index < -0.39 is 20.0 Å². The molecule has 0 saturated carbocycles. The van der Waals surface area contributed by atoms with E-state index in [0.29, 0.717) is 16.7 Å². The molecule has 0 aliphatic carbocycles. The van der Waals surface area contributed by atoms with Gasteiger partial charge in [-0.25, -0.2) is 16.8 Å². The molecule has 0 bridgehead atoms. The average molecular weight is 707 g/mol. The number of anilines is 2. The van der Waals surface area contributed by atoms with Crippen molar-refractivity contribution in [3.63, 3.8) is 0 Å². The minimum absolute atomic E-state index is 0.128. The lowest BCUT2D eigenvalue weighted by atomic mass is 10.1. The Hall–Kier alpha value is -1.40. The first-order chi connectivity index (χ1) is 16.6. The summed E-state index contributed by atoms with van der Waals surface area (Å²) in [4.78, 5) is -0.0302. The van der Waals surface area contributed by atoms with Gasteiger partial charge in [-0.2, -0.15) is 0 Å². The van der Waals surface area contributed by atoms with Crippen molar-refractivity contribution in [1.29, 1.82) is 0 Å². The van der Waals surface area contributed by atoms with E-state index in [1.165, 1.54) is 20.7 Å². The highest BCUT2D eigenvalue weighted by molar-refractivity contribution is 9.10. The zero-order chi connectivity index (χ0) is 25.4. The van der Waals surface area contributed by atoms with Gasteiger partial charge in [-0.05, 0) is 55.5 Å². The molecule has 1 aliphatic rings. The highest BCUT2D eigenvalue weighted by Crippen LogP contribution is 2.40. The number of para-hydroxylation sites is 2. The molecular formula is C24H23Br3N2O4S2. The van der Waals surface area contributed by atoms with E-state index in [1.54, 1.807) is 60.7 Å². The fraction of sp³-hybridized carbons (Fsp3) is 0.250. The molecule has 1 heterocycles. The Kier molecular flexibility index (Phi) is 8.02. The van der Waals surface area contributed by atoms with Gasteiger partial charge in [-0.1, -0.05) is 77.6 Å². The van der Waals surface area contributed by atoms with Gasteiger partial charge in [-0.15, -0.1) is 0 Å². The number of alkyl halides is 2. The molecule has 4 rings (SSSR count). The molecule has 0 spiro atoms. The number of hydrogen-bond acceptors (Lipinski definition) is 4. The van der Waals surface area contributed by atoms with Crippen LogP contribution in [0.15, 0.2) is 87.1 Å². The van der Waals surface area contributed by atoms with Crippen LogP contribution in [0.5, 0.6) is 0 Å². The van der Waals surface area contributed by atoms with Gasteiger partial charge in [0.25, 0.3) is 20.0 Å². The van der Waals surface area contributed by atoms with Crippen molar-refractivity contribution in [2.75, 3.05) is 27.0 Å². The van der Waals surface area contributed by atoms with Gasteiger partial charge in [0.1, 0.15) is 0 Å². The summed E-state index contributed by atoms with van der Waals surface area (Å²) in [7, 11) is -7.96. The van der Waals surface area contributed by atoms with E-state index in [1.807, 2.05) is 6.92 Å². The third kappa shape index (κ3) is 5.34. The molecule has 186 valence electrons. The van der Waals surface area contributed by atoms with Gasteiger partial charge >= 0.3 is 0 Å². The summed E-state index contributed by atoms with van der Waals surface area (Å²) in [6.45, 7) is 2.21. The average Bonchev–Trinajstić information content (AvgIpc) is 2.82. The molecule has 0 saturated heterocycles. The highest BCUT2D eigenvalue weighted by Gasteiger charge is 2.38. The lowest BCUT2D eigenvalue weighted by molar-refractivity contribution is 0.546. The number of sulfonamides is 2. The topological polar surface area (TPSA) is 74.8 Å². The summed E-state index contributed by atoms with van der Waals surface area (Å²) in [6.07, 6.45) is 0. The minimum Gasteiger partial charge on any atom is -0.264 e. The second kappa shape index (κ2) is 10.5. The minimum atomic E-state index is -3.99. The lowest BCUT2D eigenvalue weighted by Crippen LogP contribution is -2.47. The van der Waals surface area contributed by atoms with E-state index in [4.69, 9.17) is 0 Å². The standard InChI is InChI=1S/C24H23Br3N2O4S2/c1-17-6-10-20(11-7-17)35(32,33)29-16-22(27)18(14-25)15-28(23-4-2-3-5-24(23)29)34(30,31)21-12-8-19(26)9-13-21/h2-13,18,22H,14-16H2,1H3/t18-,22+/m0/s1. The zero-order valence-electron chi connectivity index (χ0n) is 18.7. The van der Waals surface area contributed by atoms with Crippen LogP contribution in [-0.2, 0) is 20.0 Å². The van der Waals surface area contributed by atoms with Crippen LogP contribution in [0.25, 0.3) is 0 Å². The number of benzene rings is 3. The van der Waals surface area contributed by atoms with Crippen molar-refractivity contribution in [2.24, 2.45) is 5.92 Å². The van der Waals surface area contributed by atoms with Crippen LogP contribution < -0.4 is 8.61 Å². The van der Waals surface area contributed by atoms with Crippen LogP contribution in [0.2, 0.25) is 0 Å². The molecule has 3 aromatic carbocycles. The van der Waals surface area contributed by atoms with Crippen LogP contribution in [0.4, 0.5) is 11.4 Å². The quantitative estimate of drug-likeness (QED) is 0.308. The fourth-order valence-electron chi connectivity index (χ4n) is 3.89. The maximum Gasteiger partial charge on any atom is 0.264 e. The predicted octanol–water partition coefficient (Wildman–Crippen LogP) is 5.94. The molecule has 0 aromatic heterocycles. The molecule has 11 heteroatoms. The van der Waals surface area contributed by atoms with Gasteiger partial charge in [0, 0.05) is 33.6 Å². The highest BCUT2D eigenvalue weighted by atomic mass is 79.9. The van der Waals surface area contributed by atoms with Crippen LogP contribution in [0, 0.1) is 12.8 Å². The van der Waals surface area contributed by atoms with Crippen molar-refractivity contribution in [3.8, 4) is 0 Å². The lowest BCUT2D eigenvalue weighted by Gasteiger charge is -2.38. The normalized spacial score (nSPS) is 19.1. The number of nitrogens with zero attached hydrogens (tertiary/aromatic N) is 2. The molecular weight excluding hydrogens is 684 g/mol. The third-order valence-electron chi connectivity index (χ3n) is 5.88. The Morgan fingerprint density at radius 1 is 0.771 bits per heavy atom.